The fraction of sp³-hybridized carbons (Fsp3) is 0.529. The first kappa shape index (κ1) is 19.7. The minimum atomic E-state index is -0.871. The molecule has 25 heavy (non-hydrogen) atoms. The van der Waals surface area contributed by atoms with Crippen LogP contribution in [0.5, 0.6) is 0 Å². The number of nitrogens with one attached hydrogen (secondary N) is 1. The first-order chi connectivity index (χ1) is 11.8. The Morgan fingerprint density at radius 3 is 2.96 bits per heavy atom. The van der Waals surface area contributed by atoms with Crippen molar-refractivity contribution in [1.82, 2.24) is 9.80 Å². The van der Waals surface area contributed by atoms with Crippen molar-refractivity contribution >= 4 is 29.2 Å². The third-order valence-corrected chi connectivity index (χ3v) is 4.35. The second-order valence-corrected chi connectivity index (χ2v) is 6.69. The average Bonchev–Trinajstić information content (AvgIpc) is 2.53. The van der Waals surface area contributed by atoms with Crippen LogP contribution in [0, 0.1) is 0 Å². The summed E-state index contributed by atoms with van der Waals surface area (Å²) < 4.78 is 5.70. The number of carboxylic acid groups (broad SMARTS) is 1. The molecule has 0 spiro atoms. The lowest BCUT2D eigenvalue weighted by Crippen LogP contribution is -2.53. The normalized spacial score (nSPS) is 19.6. The largest absolute Gasteiger partial charge is 0.480 e. The molecule has 1 fully saturated rings. The van der Waals surface area contributed by atoms with Crippen LogP contribution >= 0.6 is 11.6 Å². The van der Waals surface area contributed by atoms with E-state index in [9.17, 15) is 9.59 Å². The highest BCUT2D eigenvalue weighted by molar-refractivity contribution is 6.30. The van der Waals surface area contributed by atoms with E-state index in [4.69, 9.17) is 21.4 Å². The lowest BCUT2D eigenvalue weighted by molar-refractivity contribution is -0.138. The molecule has 0 aliphatic carbocycles. The van der Waals surface area contributed by atoms with Crippen molar-refractivity contribution < 1.29 is 19.4 Å². The number of anilines is 1. The van der Waals surface area contributed by atoms with Crippen molar-refractivity contribution in [1.29, 1.82) is 0 Å². The molecule has 2 atom stereocenters. The van der Waals surface area contributed by atoms with Gasteiger partial charge in [-0.3, -0.25) is 19.4 Å². The average molecular weight is 370 g/mol. The molecule has 1 heterocycles. The van der Waals surface area contributed by atoms with E-state index in [0.717, 1.165) is 0 Å². The van der Waals surface area contributed by atoms with E-state index in [0.29, 0.717) is 37.0 Å². The standard InChI is InChI=1S/C17H24ClN3O4/c1-12(17(24)19-14-5-3-4-13(18)8-14)21-6-7-25-15(10-21)9-20(2)11-16(22)23/h3-5,8,12,15H,6-7,9-11H2,1-2H3,(H,19,24)(H,22,23). The number of carboxylic acids is 1. The van der Waals surface area contributed by atoms with Gasteiger partial charge in [0.05, 0.1) is 25.3 Å². The SMILES string of the molecule is CC(C(=O)Nc1cccc(Cl)c1)N1CCOC(CN(C)CC(=O)O)C1. The summed E-state index contributed by atoms with van der Waals surface area (Å²) >= 11 is 5.94. The number of benzene rings is 1. The second kappa shape index (κ2) is 9.15. The molecule has 7 nitrogen and oxygen atoms in total. The molecular formula is C17H24ClN3O4. The van der Waals surface area contributed by atoms with Gasteiger partial charge in [0, 0.05) is 30.3 Å². The molecule has 8 heteroatoms. The molecule has 0 aromatic heterocycles. The highest BCUT2D eigenvalue weighted by atomic mass is 35.5. The number of nitrogens with zero attached hydrogens (tertiary/aromatic N) is 2. The maximum absolute atomic E-state index is 12.5. The molecule has 1 amide bonds. The van der Waals surface area contributed by atoms with Crippen molar-refractivity contribution in [3.63, 3.8) is 0 Å². The number of hydrogen-bond donors (Lipinski definition) is 2. The number of hydrogen-bond acceptors (Lipinski definition) is 5. The first-order valence-corrected chi connectivity index (χ1v) is 8.55. The summed E-state index contributed by atoms with van der Waals surface area (Å²) in [6.07, 6.45) is -0.125. The van der Waals surface area contributed by atoms with E-state index in [1.54, 1.807) is 36.2 Å². The Bertz CT molecular complexity index is 613. The van der Waals surface area contributed by atoms with Crippen molar-refractivity contribution in [3.8, 4) is 0 Å². The van der Waals surface area contributed by atoms with Gasteiger partial charge < -0.3 is 15.2 Å². The number of carbonyl (C=O) groups is 2. The third-order valence-electron chi connectivity index (χ3n) is 4.11. The first-order valence-electron chi connectivity index (χ1n) is 8.17. The monoisotopic (exact) mass is 369 g/mol. The molecule has 0 bridgehead atoms. The zero-order valence-corrected chi connectivity index (χ0v) is 15.2. The Kier molecular flexibility index (Phi) is 7.19. The lowest BCUT2D eigenvalue weighted by atomic mass is 10.2. The number of carbonyl (C=O) groups excluding carboxylic acids is 1. The number of morpholine rings is 1. The number of halogens is 1. The Balaban J connectivity index is 1.88. The smallest absolute Gasteiger partial charge is 0.317 e. The van der Waals surface area contributed by atoms with Gasteiger partial charge in [0.1, 0.15) is 0 Å². The Labute approximate surface area is 152 Å². The molecule has 2 rings (SSSR count). The minimum Gasteiger partial charge on any atom is -0.480 e. The molecule has 0 saturated carbocycles. The van der Waals surface area contributed by atoms with Gasteiger partial charge >= 0.3 is 5.97 Å². The molecule has 1 aliphatic heterocycles. The maximum atomic E-state index is 12.5. The van der Waals surface area contributed by atoms with Crippen molar-refractivity contribution in [2.75, 3.05) is 45.2 Å². The van der Waals surface area contributed by atoms with Crippen LogP contribution in [0.1, 0.15) is 6.92 Å². The van der Waals surface area contributed by atoms with E-state index < -0.39 is 5.97 Å². The predicted octanol–water partition coefficient (Wildman–Crippen LogP) is 1.38. The molecule has 2 N–H and O–H groups in total. The Morgan fingerprint density at radius 1 is 1.52 bits per heavy atom. The van der Waals surface area contributed by atoms with Gasteiger partial charge in [0.25, 0.3) is 0 Å². The molecule has 2 unspecified atom stereocenters. The zero-order chi connectivity index (χ0) is 18.4. The molecular weight excluding hydrogens is 346 g/mol. The number of likely N-dealkylation sites (N-methyl/N-ethyl adjacent to an activating group) is 1. The summed E-state index contributed by atoms with van der Waals surface area (Å²) in [7, 11) is 1.74. The van der Waals surface area contributed by atoms with Crippen molar-refractivity contribution in [3.05, 3.63) is 29.3 Å². The van der Waals surface area contributed by atoms with Crippen LogP contribution in [0.15, 0.2) is 24.3 Å². The number of rotatable bonds is 7. The molecule has 0 radical (unpaired) electrons. The summed E-state index contributed by atoms with van der Waals surface area (Å²) in [6.45, 7) is 4.07. The number of ether oxygens (including phenoxy) is 1. The van der Waals surface area contributed by atoms with Gasteiger partial charge in [-0.2, -0.15) is 0 Å². The van der Waals surface area contributed by atoms with Crippen LogP contribution < -0.4 is 5.32 Å². The molecule has 1 aromatic carbocycles. The zero-order valence-electron chi connectivity index (χ0n) is 14.4. The van der Waals surface area contributed by atoms with Crippen LogP contribution in [0.4, 0.5) is 5.69 Å². The summed E-state index contributed by atoms with van der Waals surface area (Å²) in [5.74, 6) is -0.980. The van der Waals surface area contributed by atoms with Crippen LogP contribution in [-0.2, 0) is 14.3 Å². The molecule has 138 valence electrons. The topological polar surface area (TPSA) is 82.1 Å². The Hall–Kier alpha value is -1.67. The van der Waals surface area contributed by atoms with Gasteiger partial charge in [-0.15, -0.1) is 0 Å². The Morgan fingerprint density at radius 2 is 2.28 bits per heavy atom. The number of aliphatic carboxylic acids is 1. The van der Waals surface area contributed by atoms with E-state index in [1.165, 1.54) is 0 Å². The van der Waals surface area contributed by atoms with Crippen LogP contribution in [0.25, 0.3) is 0 Å². The van der Waals surface area contributed by atoms with Gasteiger partial charge in [-0.05, 0) is 32.2 Å². The fourth-order valence-corrected chi connectivity index (χ4v) is 3.02. The summed E-state index contributed by atoms with van der Waals surface area (Å²) in [6, 6.07) is 6.70. The second-order valence-electron chi connectivity index (χ2n) is 6.25. The third kappa shape index (κ3) is 6.28. The van der Waals surface area contributed by atoms with Gasteiger partial charge in [0.15, 0.2) is 0 Å². The molecule has 1 saturated heterocycles. The molecule has 1 aromatic rings. The molecule has 1 aliphatic rings. The van der Waals surface area contributed by atoms with Crippen molar-refractivity contribution in [2.24, 2.45) is 0 Å². The summed E-state index contributed by atoms with van der Waals surface area (Å²) in [4.78, 5) is 27.0. The highest BCUT2D eigenvalue weighted by Crippen LogP contribution is 2.16. The summed E-state index contributed by atoms with van der Waals surface area (Å²) in [5.41, 5.74) is 0.662. The van der Waals surface area contributed by atoms with E-state index >= 15 is 0 Å². The maximum Gasteiger partial charge on any atom is 0.317 e. The van der Waals surface area contributed by atoms with Crippen LogP contribution in [0.2, 0.25) is 5.02 Å². The van der Waals surface area contributed by atoms with Crippen molar-refractivity contribution in [2.45, 2.75) is 19.1 Å². The highest BCUT2D eigenvalue weighted by Gasteiger charge is 2.28. The fourth-order valence-electron chi connectivity index (χ4n) is 2.83. The van der Waals surface area contributed by atoms with Crippen LogP contribution in [0.3, 0.4) is 0 Å². The van der Waals surface area contributed by atoms with Gasteiger partial charge in [0.2, 0.25) is 5.91 Å². The number of amides is 1. The van der Waals surface area contributed by atoms with Gasteiger partial charge in [-0.1, -0.05) is 17.7 Å². The van der Waals surface area contributed by atoms with Gasteiger partial charge in [-0.25, -0.2) is 0 Å². The lowest BCUT2D eigenvalue weighted by Gasteiger charge is -2.37. The van der Waals surface area contributed by atoms with E-state index in [2.05, 4.69) is 5.32 Å². The minimum absolute atomic E-state index is 0.0370. The summed E-state index contributed by atoms with van der Waals surface area (Å²) in [5, 5.41) is 12.3. The van der Waals surface area contributed by atoms with Crippen LogP contribution in [-0.4, -0.2) is 78.8 Å². The quantitative estimate of drug-likeness (QED) is 0.755. The van der Waals surface area contributed by atoms with E-state index in [1.807, 2.05) is 11.8 Å². The predicted molar refractivity (Wildman–Crippen MR) is 96.0 cm³/mol. The van der Waals surface area contributed by atoms with E-state index in [-0.39, 0.29) is 24.6 Å².